The summed E-state index contributed by atoms with van der Waals surface area (Å²) in [7, 11) is 0.442. The zero-order valence-electron chi connectivity index (χ0n) is 14.6. The molecule has 0 radical (unpaired) electrons. The van der Waals surface area contributed by atoms with Crippen LogP contribution < -0.4 is 0 Å². The highest BCUT2D eigenvalue weighted by Crippen LogP contribution is 2.25. The van der Waals surface area contributed by atoms with Crippen LogP contribution in [0.2, 0.25) is 0 Å². The van der Waals surface area contributed by atoms with Gasteiger partial charge in [-0.15, -0.1) is 0 Å². The Morgan fingerprint density at radius 2 is 1.74 bits per heavy atom. The number of nitrogens with zero attached hydrogens (tertiary/aromatic N) is 2. The molecule has 0 aliphatic carbocycles. The lowest BCUT2D eigenvalue weighted by Crippen LogP contribution is -2.46. The zero-order chi connectivity index (χ0) is 17.0. The summed E-state index contributed by atoms with van der Waals surface area (Å²) in [6, 6.07) is 5.41. The van der Waals surface area contributed by atoms with Gasteiger partial charge >= 0.3 is 0 Å². The van der Waals surface area contributed by atoms with Crippen LogP contribution in [0.15, 0.2) is 23.1 Å². The predicted octanol–water partition coefficient (Wildman–Crippen LogP) is 2.03. The Balaban J connectivity index is 2.32. The molecule has 0 aromatic heterocycles. The van der Waals surface area contributed by atoms with Gasteiger partial charge in [-0.1, -0.05) is 6.07 Å². The second kappa shape index (κ2) is 7.75. The van der Waals surface area contributed by atoms with Crippen molar-refractivity contribution in [3.05, 3.63) is 29.3 Å². The second-order valence-electron chi connectivity index (χ2n) is 6.51. The average molecular weight is 340 g/mol. The summed E-state index contributed by atoms with van der Waals surface area (Å²) in [6.45, 7) is 6.42. The quantitative estimate of drug-likeness (QED) is 0.795. The number of rotatable bonds is 6. The van der Waals surface area contributed by atoms with Crippen molar-refractivity contribution in [3.63, 3.8) is 0 Å². The van der Waals surface area contributed by atoms with E-state index in [1.807, 2.05) is 38.9 Å². The van der Waals surface area contributed by atoms with Crippen LogP contribution in [0.1, 0.15) is 24.0 Å². The highest BCUT2D eigenvalue weighted by molar-refractivity contribution is 7.89. The van der Waals surface area contributed by atoms with E-state index in [0.717, 1.165) is 24.0 Å². The maximum atomic E-state index is 13.2. The van der Waals surface area contributed by atoms with Gasteiger partial charge in [0, 0.05) is 32.3 Å². The molecule has 1 saturated heterocycles. The summed E-state index contributed by atoms with van der Waals surface area (Å²) in [4.78, 5) is 2.41. The van der Waals surface area contributed by atoms with E-state index < -0.39 is 10.0 Å². The van der Waals surface area contributed by atoms with Crippen molar-refractivity contribution in [1.29, 1.82) is 0 Å². The molecule has 6 heteroatoms. The maximum Gasteiger partial charge on any atom is 0.243 e. The van der Waals surface area contributed by atoms with E-state index in [4.69, 9.17) is 4.74 Å². The first kappa shape index (κ1) is 18.4. The standard InChI is InChI=1S/C17H28N2O3S/c1-14-5-6-17(13-15(14)2)23(20,21)19(10-9-18(3)4)16-7-11-22-12-8-16/h5-6,13,16H,7-12H2,1-4H3. The predicted molar refractivity (Wildman–Crippen MR) is 92.2 cm³/mol. The molecule has 130 valence electrons. The third-order valence-corrected chi connectivity index (χ3v) is 6.40. The largest absolute Gasteiger partial charge is 0.381 e. The van der Waals surface area contributed by atoms with Crippen LogP contribution in [-0.4, -0.2) is 64.1 Å². The van der Waals surface area contributed by atoms with Crippen molar-refractivity contribution in [2.75, 3.05) is 40.4 Å². The molecule has 0 bridgehead atoms. The summed E-state index contributed by atoms with van der Waals surface area (Å²) in [5.74, 6) is 0. The molecule has 0 unspecified atom stereocenters. The van der Waals surface area contributed by atoms with Gasteiger partial charge in [-0.3, -0.25) is 0 Å². The molecule has 1 aliphatic heterocycles. The molecule has 1 aromatic rings. The van der Waals surface area contributed by atoms with Gasteiger partial charge in [-0.25, -0.2) is 8.42 Å². The molecule has 1 fully saturated rings. The van der Waals surface area contributed by atoms with E-state index in [0.29, 0.717) is 31.2 Å². The maximum absolute atomic E-state index is 13.2. The Hall–Kier alpha value is -0.950. The number of hydrogen-bond donors (Lipinski definition) is 0. The first-order chi connectivity index (χ1) is 10.8. The molecule has 0 atom stereocenters. The number of benzene rings is 1. The van der Waals surface area contributed by atoms with Crippen LogP contribution >= 0.6 is 0 Å². The summed E-state index contributed by atoms with van der Waals surface area (Å²) < 4.78 is 33.4. The van der Waals surface area contributed by atoms with Crippen molar-refractivity contribution in [3.8, 4) is 0 Å². The van der Waals surface area contributed by atoms with Gasteiger partial charge < -0.3 is 9.64 Å². The zero-order valence-corrected chi connectivity index (χ0v) is 15.4. The lowest BCUT2D eigenvalue weighted by atomic mass is 10.1. The van der Waals surface area contributed by atoms with Crippen LogP contribution in [0.3, 0.4) is 0 Å². The third-order valence-electron chi connectivity index (χ3n) is 4.45. The van der Waals surface area contributed by atoms with Crippen molar-refractivity contribution in [2.24, 2.45) is 0 Å². The molecule has 1 aliphatic rings. The molecular weight excluding hydrogens is 312 g/mol. The topological polar surface area (TPSA) is 49.9 Å². The number of sulfonamides is 1. The van der Waals surface area contributed by atoms with E-state index in [-0.39, 0.29) is 6.04 Å². The molecule has 5 nitrogen and oxygen atoms in total. The normalized spacial score (nSPS) is 17.1. The molecule has 23 heavy (non-hydrogen) atoms. The number of ether oxygens (including phenoxy) is 1. The number of likely N-dealkylation sites (N-methyl/N-ethyl adjacent to an activating group) is 1. The van der Waals surface area contributed by atoms with Gasteiger partial charge in [-0.2, -0.15) is 4.31 Å². The molecule has 0 spiro atoms. The van der Waals surface area contributed by atoms with Gasteiger partial charge in [0.1, 0.15) is 0 Å². The monoisotopic (exact) mass is 340 g/mol. The van der Waals surface area contributed by atoms with Gasteiger partial charge in [0.15, 0.2) is 0 Å². The fourth-order valence-electron chi connectivity index (χ4n) is 2.78. The van der Waals surface area contributed by atoms with Crippen LogP contribution in [0, 0.1) is 13.8 Å². The Bertz CT molecular complexity index is 623. The summed E-state index contributed by atoms with van der Waals surface area (Å²) >= 11 is 0. The smallest absolute Gasteiger partial charge is 0.243 e. The van der Waals surface area contributed by atoms with Crippen LogP contribution in [-0.2, 0) is 14.8 Å². The first-order valence-corrected chi connectivity index (χ1v) is 9.58. The van der Waals surface area contributed by atoms with E-state index in [1.54, 1.807) is 16.4 Å². The van der Waals surface area contributed by atoms with Crippen molar-refractivity contribution in [1.82, 2.24) is 9.21 Å². The lowest BCUT2D eigenvalue weighted by molar-refractivity contribution is 0.0573. The van der Waals surface area contributed by atoms with Crippen LogP contribution in [0.4, 0.5) is 0 Å². The Kier molecular flexibility index (Phi) is 6.19. The second-order valence-corrected chi connectivity index (χ2v) is 8.40. The van der Waals surface area contributed by atoms with E-state index in [9.17, 15) is 8.42 Å². The Morgan fingerprint density at radius 3 is 2.30 bits per heavy atom. The van der Waals surface area contributed by atoms with Crippen molar-refractivity contribution in [2.45, 2.75) is 37.6 Å². The van der Waals surface area contributed by atoms with Crippen LogP contribution in [0.25, 0.3) is 0 Å². The SMILES string of the molecule is Cc1ccc(S(=O)(=O)N(CCN(C)C)C2CCOCC2)cc1C. The molecular formula is C17H28N2O3S. The molecule has 0 N–H and O–H groups in total. The van der Waals surface area contributed by atoms with Gasteiger partial charge in [0.2, 0.25) is 10.0 Å². The molecule has 2 rings (SSSR count). The summed E-state index contributed by atoms with van der Waals surface area (Å²) in [5, 5.41) is 0. The lowest BCUT2D eigenvalue weighted by Gasteiger charge is -2.34. The van der Waals surface area contributed by atoms with E-state index in [1.165, 1.54) is 0 Å². The van der Waals surface area contributed by atoms with E-state index >= 15 is 0 Å². The fourth-order valence-corrected chi connectivity index (χ4v) is 4.54. The summed E-state index contributed by atoms with van der Waals surface area (Å²) in [6.07, 6.45) is 1.52. The molecule has 1 aromatic carbocycles. The van der Waals surface area contributed by atoms with Crippen LogP contribution in [0.5, 0.6) is 0 Å². The average Bonchev–Trinajstić information content (AvgIpc) is 2.50. The number of aryl methyl sites for hydroxylation is 2. The minimum atomic E-state index is -3.48. The summed E-state index contributed by atoms with van der Waals surface area (Å²) in [5.41, 5.74) is 2.11. The van der Waals surface area contributed by atoms with E-state index in [2.05, 4.69) is 0 Å². The third kappa shape index (κ3) is 4.53. The number of hydrogen-bond acceptors (Lipinski definition) is 4. The Morgan fingerprint density at radius 1 is 1.09 bits per heavy atom. The highest BCUT2D eigenvalue weighted by atomic mass is 32.2. The molecule has 0 amide bonds. The van der Waals surface area contributed by atoms with Gasteiger partial charge in [0.25, 0.3) is 0 Å². The fraction of sp³-hybridized carbons (Fsp3) is 0.647. The first-order valence-electron chi connectivity index (χ1n) is 8.14. The highest BCUT2D eigenvalue weighted by Gasteiger charge is 2.32. The van der Waals surface area contributed by atoms with Gasteiger partial charge in [0.05, 0.1) is 4.90 Å². The molecule has 0 saturated carbocycles. The minimum Gasteiger partial charge on any atom is -0.381 e. The molecule has 1 heterocycles. The van der Waals surface area contributed by atoms with Gasteiger partial charge in [-0.05, 0) is 64.0 Å². The van der Waals surface area contributed by atoms with Crippen molar-refractivity contribution < 1.29 is 13.2 Å². The van der Waals surface area contributed by atoms with Crippen molar-refractivity contribution >= 4 is 10.0 Å². The minimum absolute atomic E-state index is 0.0234. The Labute approximate surface area is 140 Å².